The van der Waals surface area contributed by atoms with E-state index in [0.29, 0.717) is 12.1 Å². The van der Waals surface area contributed by atoms with E-state index in [1.165, 1.54) is 23.8 Å². The summed E-state index contributed by atoms with van der Waals surface area (Å²) in [7, 11) is 0. The molecule has 0 aliphatic heterocycles. The molecule has 1 fully saturated rings. The Kier molecular flexibility index (Phi) is 4.39. The first-order chi connectivity index (χ1) is 11.1. The van der Waals surface area contributed by atoms with E-state index in [-0.39, 0.29) is 17.7 Å². The molecule has 0 saturated heterocycles. The number of nitrogens with one attached hydrogen (secondary N) is 1. The maximum Gasteiger partial charge on any atom is 0.222 e. The highest BCUT2D eigenvalue weighted by Crippen LogP contribution is 2.47. The first-order valence-electron chi connectivity index (χ1n) is 7.70. The molecule has 1 saturated carbocycles. The number of amides is 1. The van der Waals surface area contributed by atoms with Gasteiger partial charge in [-0.25, -0.2) is 4.39 Å². The summed E-state index contributed by atoms with van der Waals surface area (Å²) < 4.78 is 13.1. The molecular weight excluding hydrogens is 295 g/mol. The number of hydrogen-bond acceptors (Lipinski definition) is 3. The predicted octanol–water partition coefficient (Wildman–Crippen LogP) is 2.49. The van der Waals surface area contributed by atoms with E-state index in [9.17, 15) is 14.3 Å². The second-order valence-corrected chi connectivity index (χ2v) is 6.07. The van der Waals surface area contributed by atoms with Crippen molar-refractivity contribution in [1.29, 1.82) is 0 Å². The van der Waals surface area contributed by atoms with E-state index in [2.05, 4.69) is 10.3 Å². The molecule has 1 amide bonds. The predicted molar refractivity (Wildman–Crippen MR) is 84.1 cm³/mol. The SMILES string of the molecule is O=C(CC(O)c1cccc(F)c1)NCC1(c2ccncc2)CC1. The van der Waals surface area contributed by atoms with Crippen LogP contribution in [-0.4, -0.2) is 22.5 Å². The standard InChI is InChI=1S/C18H19FN2O2/c19-15-3-1-2-13(10-15)16(22)11-17(23)21-12-18(6-7-18)14-4-8-20-9-5-14/h1-5,8-10,16,22H,6-7,11-12H2,(H,21,23). The third-order valence-electron chi connectivity index (χ3n) is 4.38. The van der Waals surface area contributed by atoms with E-state index in [1.54, 1.807) is 18.5 Å². The van der Waals surface area contributed by atoms with Gasteiger partial charge in [-0.3, -0.25) is 9.78 Å². The maximum atomic E-state index is 13.1. The number of carbonyl (C=O) groups is 1. The first kappa shape index (κ1) is 15.6. The molecule has 4 nitrogen and oxygen atoms in total. The molecule has 0 spiro atoms. The summed E-state index contributed by atoms with van der Waals surface area (Å²) in [5, 5.41) is 12.9. The number of halogens is 1. The molecule has 3 rings (SSSR count). The van der Waals surface area contributed by atoms with Crippen molar-refractivity contribution in [3.05, 3.63) is 65.7 Å². The van der Waals surface area contributed by atoms with Crippen molar-refractivity contribution in [2.45, 2.75) is 30.8 Å². The number of nitrogens with zero attached hydrogens (tertiary/aromatic N) is 1. The van der Waals surface area contributed by atoms with Crippen LogP contribution in [0, 0.1) is 5.82 Å². The average Bonchev–Trinajstić information content (AvgIpc) is 3.35. The fourth-order valence-corrected chi connectivity index (χ4v) is 2.77. The monoisotopic (exact) mass is 314 g/mol. The second kappa shape index (κ2) is 6.46. The highest BCUT2D eigenvalue weighted by molar-refractivity contribution is 5.76. The van der Waals surface area contributed by atoms with Gasteiger partial charge in [0.1, 0.15) is 5.82 Å². The number of aliphatic hydroxyl groups excluding tert-OH is 1. The van der Waals surface area contributed by atoms with Gasteiger partial charge in [-0.1, -0.05) is 12.1 Å². The summed E-state index contributed by atoms with van der Waals surface area (Å²) in [5.41, 5.74) is 1.59. The second-order valence-electron chi connectivity index (χ2n) is 6.07. The van der Waals surface area contributed by atoms with Crippen molar-refractivity contribution >= 4 is 5.91 Å². The van der Waals surface area contributed by atoms with Crippen LogP contribution >= 0.6 is 0 Å². The van der Waals surface area contributed by atoms with E-state index >= 15 is 0 Å². The van der Waals surface area contributed by atoms with Crippen molar-refractivity contribution < 1.29 is 14.3 Å². The lowest BCUT2D eigenvalue weighted by Gasteiger charge is -2.17. The molecule has 0 radical (unpaired) electrons. The van der Waals surface area contributed by atoms with Gasteiger partial charge in [0.15, 0.2) is 0 Å². The van der Waals surface area contributed by atoms with Crippen LogP contribution in [0.2, 0.25) is 0 Å². The Morgan fingerprint density at radius 3 is 2.70 bits per heavy atom. The first-order valence-corrected chi connectivity index (χ1v) is 7.70. The molecular formula is C18H19FN2O2. The third-order valence-corrected chi connectivity index (χ3v) is 4.38. The highest BCUT2D eigenvalue weighted by Gasteiger charge is 2.44. The molecule has 120 valence electrons. The smallest absolute Gasteiger partial charge is 0.222 e. The molecule has 5 heteroatoms. The molecule has 1 aliphatic rings. The van der Waals surface area contributed by atoms with Crippen LogP contribution in [0.1, 0.15) is 36.5 Å². The van der Waals surface area contributed by atoms with E-state index < -0.39 is 11.9 Å². The zero-order chi connectivity index (χ0) is 16.3. The van der Waals surface area contributed by atoms with Crippen LogP contribution in [0.15, 0.2) is 48.8 Å². The maximum absolute atomic E-state index is 13.1. The number of hydrogen-bond donors (Lipinski definition) is 2. The van der Waals surface area contributed by atoms with Crippen LogP contribution in [0.25, 0.3) is 0 Å². The van der Waals surface area contributed by atoms with Crippen LogP contribution in [0.3, 0.4) is 0 Å². The Balaban J connectivity index is 1.54. The van der Waals surface area contributed by atoms with Gasteiger partial charge in [0.05, 0.1) is 12.5 Å². The Hall–Kier alpha value is -2.27. The highest BCUT2D eigenvalue weighted by atomic mass is 19.1. The largest absolute Gasteiger partial charge is 0.388 e. The summed E-state index contributed by atoms with van der Waals surface area (Å²) in [6, 6.07) is 9.63. The summed E-state index contributed by atoms with van der Waals surface area (Å²) in [4.78, 5) is 16.1. The Morgan fingerprint density at radius 1 is 1.30 bits per heavy atom. The van der Waals surface area contributed by atoms with E-state index in [4.69, 9.17) is 0 Å². The fraction of sp³-hybridized carbons (Fsp3) is 0.333. The minimum absolute atomic E-state index is 0.00239. The molecule has 1 aromatic heterocycles. The van der Waals surface area contributed by atoms with Gasteiger partial charge in [0.25, 0.3) is 0 Å². The number of carbonyl (C=O) groups excluding carboxylic acids is 1. The van der Waals surface area contributed by atoms with Crippen LogP contribution in [0.5, 0.6) is 0 Å². The van der Waals surface area contributed by atoms with Crippen LogP contribution in [0.4, 0.5) is 4.39 Å². The molecule has 1 unspecified atom stereocenters. The topological polar surface area (TPSA) is 62.2 Å². The number of rotatable bonds is 6. The van der Waals surface area contributed by atoms with E-state index in [0.717, 1.165) is 12.8 Å². The third kappa shape index (κ3) is 3.74. The summed E-state index contributed by atoms with van der Waals surface area (Å²) in [6.07, 6.45) is 4.50. The zero-order valence-electron chi connectivity index (χ0n) is 12.7. The minimum atomic E-state index is -0.998. The van der Waals surface area contributed by atoms with Crippen LogP contribution in [-0.2, 0) is 10.2 Å². The molecule has 2 aromatic rings. The number of aliphatic hydroxyl groups is 1. The Labute approximate surface area is 134 Å². The summed E-state index contributed by atoms with van der Waals surface area (Å²) >= 11 is 0. The van der Waals surface area contributed by atoms with Crippen molar-refractivity contribution in [1.82, 2.24) is 10.3 Å². The summed E-state index contributed by atoms with van der Waals surface area (Å²) in [5.74, 6) is -0.654. The number of aromatic nitrogens is 1. The van der Waals surface area contributed by atoms with E-state index in [1.807, 2.05) is 12.1 Å². The molecule has 1 atom stereocenters. The molecule has 1 aliphatic carbocycles. The molecule has 1 aromatic carbocycles. The van der Waals surface area contributed by atoms with Crippen molar-refractivity contribution in [3.63, 3.8) is 0 Å². The lowest BCUT2D eigenvalue weighted by atomic mass is 9.97. The van der Waals surface area contributed by atoms with Gasteiger partial charge in [-0.15, -0.1) is 0 Å². The minimum Gasteiger partial charge on any atom is -0.388 e. The zero-order valence-corrected chi connectivity index (χ0v) is 12.7. The number of benzene rings is 1. The normalized spacial score (nSPS) is 16.6. The van der Waals surface area contributed by atoms with Crippen LogP contribution < -0.4 is 5.32 Å². The molecule has 2 N–H and O–H groups in total. The quantitative estimate of drug-likeness (QED) is 0.861. The van der Waals surface area contributed by atoms with Gasteiger partial charge < -0.3 is 10.4 Å². The van der Waals surface area contributed by atoms with Gasteiger partial charge in [-0.2, -0.15) is 0 Å². The van der Waals surface area contributed by atoms with Crippen molar-refractivity contribution in [2.24, 2.45) is 0 Å². The Morgan fingerprint density at radius 2 is 2.04 bits per heavy atom. The van der Waals surface area contributed by atoms with Crippen molar-refractivity contribution in [2.75, 3.05) is 6.54 Å². The number of pyridine rings is 1. The lowest BCUT2D eigenvalue weighted by molar-refractivity contribution is -0.123. The van der Waals surface area contributed by atoms with Crippen molar-refractivity contribution in [3.8, 4) is 0 Å². The Bertz CT molecular complexity index is 686. The lowest BCUT2D eigenvalue weighted by Crippen LogP contribution is -2.33. The molecule has 0 bridgehead atoms. The van der Waals surface area contributed by atoms with Gasteiger partial charge in [-0.05, 0) is 48.2 Å². The summed E-state index contributed by atoms with van der Waals surface area (Å²) in [6.45, 7) is 0.547. The van der Waals surface area contributed by atoms with Gasteiger partial charge in [0, 0.05) is 24.4 Å². The molecule has 1 heterocycles. The average molecular weight is 314 g/mol. The van der Waals surface area contributed by atoms with Gasteiger partial charge in [0.2, 0.25) is 5.91 Å². The molecule has 23 heavy (non-hydrogen) atoms. The van der Waals surface area contributed by atoms with Gasteiger partial charge >= 0.3 is 0 Å². The fourth-order valence-electron chi connectivity index (χ4n) is 2.77.